The van der Waals surface area contributed by atoms with Gasteiger partial charge in [-0.1, -0.05) is 0 Å². The van der Waals surface area contributed by atoms with E-state index in [2.05, 4.69) is 0 Å². The predicted octanol–water partition coefficient (Wildman–Crippen LogP) is 4.29. The summed E-state index contributed by atoms with van der Waals surface area (Å²) in [5, 5.41) is 0. The van der Waals surface area contributed by atoms with Gasteiger partial charge in [0, 0.05) is 0 Å². The van der Waals surface area contributed by atoms with Crippen LogP contribution in [0.5, 0.6) is 0 Å². The van der Waals surface area contributed by atoms with Crippen molar-refractivity contribution in [3.8, 4) is 0 Å². The van der Waals surface area contributed by atoms with E-state index in [1.54, 1.807) is 0 Å². The molecule has 0 N–H and O–H groups in total. The van der Waals surface area contributed by atoms with Gasteiger partial charge in [-0.3, -0.25) is 0 Å². The molecule has 0 unspecified atom stereocenters. The summed E-state index contributed by atoms with van der Waals surface area (Å²) < 4.78 is 201. The van der Waals surface area contributed by atoms with Crippen molar-refractivity contribution >= 4 is 27.5 Å². The van der Waals surface area contributed by atoms with Gasteiger partial charge in [-0.05, 0) is 0 Å². The van der Waals surface area contributed by atoms with Crippen LogP contribution in [-0.4, -0.2) is 14.3 Å². The maximum atomic E-state index is 14.4. The van der Waals surface area contributed by atoms with Crippen molar-refractivity contribution in [2.75, 3.05) is 0 Å². The third-order valence-electron chi connectivity index (χ3n) is 4.38. The maximum absolute atomic E-state index is 14.4. The van der Waals surface area contributed by atoms with Crippen molar-refractivity contribution in [2.45, 2.75) is 0 Å². The molecule has 1 radical (unpaired) electrons. The third-order valence-corrected chi connectivity index (χ3v) is 10.3. The monoisotopic (exact) mass is 575 g/mol. The quantitative estimate of drug-likeness (QED) is 0.190. The Labute approximate surface area is 181 Å². The van der Waals surface area contributed by atoms with Gasteiger partial charge >= 0.3 is 181 Å². The van der Waals surface area contributed by atoms with Crippen molar-refractivity contribution in [3.05, 3.63) is 87.3 Å². The van der Waals surface area contributed by atoms with Crippen molar-refractivity contribution in [1.29, 1.82) is 0 Å². The summed E-state index contributed by atoms with van der Waals surface area (Å²) in [7, 11) is 0. The van der Waals surface area contributed by atoms with Gasteiger partial charge < -0.3 is 0 Å². The molecule has 0 amide bonds. The second-order valence-corrected chi connectivity index (χ2v) is 10.9. The molecule has 0 bridgehead atoms. The average Bonchev–Trinajstić information content (AvgIpc) is 2.81. The first-order valence-electron chi connectivity index (χ1n) is 8.08. The SMILES string of the molecule is Fc1c(F)c(F)[c]([Ge]([c]2c(F)c(F)c(F)c(F)c2F)[c]2c(F)c(F)c(F)c(F)c2F)c(F)c1F. The van der Waals surface area contributed by atoms with Crippen LogP contribution in [-0.2, 0) is 0 Å². The zero-order chi connectivity index (χ0) is 26.0. The van der Waals surface area contributed by atoms with E-state index in [-0.39, 0.29) is 0 Å². The van der Waals surface area contributed by atoms with Gasteiger partial charge in [-0.2, -0.15) is 0 Å². The molecule has 0 saturated carbocycles. The summed E-state index contributed by atoms with van der Waals surface area (Å²) in [6, 6.07) is 0. The molecule has 0 aliphatic rings. The Morgan fingerprint density at radius 3 is 0.471 bits per heavy atom. The van der Waals surface area contributed by atoms with E-state index in [0.717, 1.165) is 0 Å². The second kappa shape index (κ2) is 8.74. The van der Waals surface area contributed by atoms with Gasteiger partial charge in [0.2, 0.25) is 0 Å². The van der Waals surface area contributed by atoms with Crippen LogP contribution in [0.3, 0.4) is 0 Å². The van der Waals surface area contributed by atoms with Gasteiger partial charge in [-0.25, -0.2) is 0 Å². The Kier molecular flexibility index (Phi) is 6.62. The molecule has 0 saturated heterocycles. The van der Waals surface area contributed by atoms with E-state index < -0.39 is 115 Å². The summed E-state index contributed by atoms with van der Waals surface area (Å²) in [5.74, 6) is -44.5. The summed E-state index contributed by atoms with van der Waals surface area (Å²) in [4.78, 5) is 0. The van der Waals surface area contributed by atoms with Crippen molar-refractivity contribution in [1.82, 2.24) is 0 Å². The minimum absolute atomic E-state index is 2.51. The van der Waals surface area contributed by atoms with Crippen LogP contribution in [0.2, 0.25) is 0 Å². The molecule has 0 spiro atoms. The van der Waals surface area contributed by atoms with Crippen molar-refractivity contribution < 1.29 is 65.9 Å². The summed E-state index contributed by atoms with van der Waals surface area (Å²) >= 11 is -6.37. The zero-order valence-corrected chi connectivity index (χ0v) is 17.3. The fraction of sp³-hybridized carbons (Fsp3) is 0. The molecule has 0 atom stereocenters. The van der Waals surface area contributed by atoms with E-state index in [0.29, 0.717) is 0 Å². The average molecular weight is 574 g/mol. The van der Waals surface area contributed by atoms with Crippen molar-refractivity contribution in [3.63, 3.8) is 0 Å². The van der Waals surface area contributed by atoms with E-state index in [4.69, 9.17) is 0 Å². The number of benzene rings is 3. The van der Waals surface area contributed by atoms with Gasteiger partial charge in [0.25, 0.3) is 0 Å². The molecule has 0 aromatic heterocycles. The first kappa shape index (κ1) is 25.8. The Bertz CT molecular complexity index is 1110. The number of halogens is 15. The molecule has 34 heavy (non-hydrogen) atoms. The molecule has 3 aromatic carbocycles. The molecule has 3 aromatic rings. The van der Waals surface area contributed by atoms with Crippen LogP contribution in [0.1, 0.15) is 0 Å². The van der Waals surface area contributed by atoms with E-state index in [1.807, 2.05) is 0 Å². The summed E-state index contributed by atoms with van der Waals surface area (Å²) in [5.41, 5.74) is 0. The van der Waals surface area contributed by atoms with Crippen LogP contribution in [0, 0.1) is 87.3 Å². The Hall–Kier alpha value is -2.85. The molecule has 0 fully saturated rings. The molecule has 0 aliphatic heterocycles. The van der Waals surface area contributed by atoms with E-state index in [9.17, 15) is 65.9 Å². The van der Waals surface area contributed by atoms with Crippen LogP contribution >= 0.6 is 0 Å². The first-order chi connectivity index (χ1) is 15.7. The summed E-state index contributed by atoms with van der Waals surface area (Å²) in [6.07, 6.45) is 0. The molecule has 3 rings (SSSR count). The van der Waals surface area contributed by atoms with Crippen LogP contribution < -0.4 is 13.2 Å². The topological polar surface area (TPSA) is 0 Å². The number of hydrogen-bond donors (Lipinski definition) is 0. The minimum atomic E-state index is -6.37. The number of hydrogen-bond acceptors (Lipinski definition) is 0. The van der Waals surface area contributed by atoms with E-state index in [1.165, 1.54) is 0 Å². The van der Waals surface area contributed by atoms with E-state index >= 15 is 0 Å². The Morgan fingerprint density at radius 1 is 0.206 bits per heavy atom. The standard InChI is InChI=1S/C18F15Ge/c19-1-4(22)10(28)16(11(29)5(1)23)34(17-12(30)6(24)2(20)7(25)13(17)31)18-14(32)8(26)3(21)9(27)15(18)33. The molecule has 0 aliphatic carbocycles. The fourth-order valence-corrected chi connectivity index (χ4v) is 8.57. The fourth-order valence-electron chi connectivity index (χ4n) is 2.85. The third kappa shape index (κ3) is 3.51. The van der Waals surface area contributed by atoms with Gasteiger partial charge in [0.05, 0.1) is 0 Å². The Balaban J connectivity index is 2.68. The van der Waals surface area contributed by atoms with Gasteiger partial charge in [0.1, 0.15) is 0 Å². The van der Waals surface area contributed by atoms with Crippen LogP contribution in [0.15, 0.2) is 0 Å². The van der Waals surface area contributed by atoms with Gasteiger partial charge in [0.15, 0.2) is 0 Å². The molecule has 16 heteroatoms. The molecule has 0 nitrogen and oxygen atoms in total. The second-order valence-electron chi connectivity index (χ2n) is 6.21. The van der Waals surface area contributed by atoms with Crippen LogP contribution in [0.25, 0.3) is 0 Å². The normalized spacial score (nSPS) is 11.6. The molecule has 0 heterocycles. The Morgan fingerprint density at radius 2 is 0.324 bits per heavy atom. The van der Waals surface area contributed by atoms with Crippen molar-refractivity contribution in [2.24, 2.45) is 0 Å². The van der Waals surface area contributed by atoms with Crippen LogP contribution in [0.4, 0.5) is 65.9 Å². The molecular weight excluding hydrogens is 574 g/mol. The predicted molar refractivity (Wildman–Crippen MR) is 83.4 cm³/mol. The van der Waals surface area contributed by atoms with Gasteiger partial charge in [-0.15, -0.1) is 0 Å². The number of rotatable bonds is 3. The zero-order valence-electron chi connectivity index (χ0n) is 15.2. The molecule has 181 valence electrons. The summed E-state index contributed by atoms with van der Waals surface area (Å²) in [6.45, 7) is 0. The molecular formula is C18F15Ge. The first-order valence-corrected chi connectivity index (χ1v) is 11.2.